The monoisotopic (exact) mass is 869 g/mol. The molecule has 3 heterocycles. The van der Waals surface area contributed by atoms with E-state index in [2.05, 4.69) is 155 Å². The third-order valence-electron chi connectivity index (χ3n) is 12.4. The molecular formula is C56H92N4O3. The first-order valence-electron chi connectivity index (χ1n) is 25.0. The normalized spacial score (nSPS) is 19.1. The lowest BCUT2D eigenvalue weighted by Gasteiger charge is -2.46. The molecule has 7 nitrogen and oxygen atoms in total. The Labute approximate surface area is 387 Å². The number of benzene rings is 2. The highest BCUT2D eigenvalue weighted by Gasteiger charge is 2.35. The van der Waals surface area contributed by atoms with Crippen molar-refractivity contribution in [2.24, 2.45) is 23.7 Å². The summed E-state index contributed by atoms with van der Waals surface area (Å²) in [5.41, 5.74) is 14.5. The quantitative estimate of drug-likeness (QED) is 0.0881. The van der Waals surface area contributed by atoms with E-state index in [9.17, 15) is 4.79 Å². The number of fused-ring (bicyclic) bond motifs is 1. The van der Waals surface area contributed by atoms with Crippen LogP contribution in [0.1, 0.15) is 178 Å². The van der Waals surface area contributed by atoms with Crippen molar-refractivity contribution < 1.29 is 14.3 Å². The Morgan fingerprint density at radius 1 is 0.937 bits per heavy atom. The highest BCUT2D eigenvalue weighted by atomic mass is 16.6. The highest BCUT2D eigenvalue weighted by molar-refractivity contribution is 5.67. The van der Waals surface area contributed by atoms with Gasteiger partial charge in [-0.15, -0.1) is 0 Å². The highest BCUT2D eigenvalue weighted by Crippen LogP contribution is 2.40. The van der Waals surface area contributed by atoms with Gasteiger partial charge in [-0.3, -0.25) is 4.79 Å². The molecule has 1 saturated heterocycles. The SMILES string of the molecule is C/C=C(\C=C/CC)COC1=CC=C(C2NNc3cc(N4CC(C(C)C(C)CCCCC)C4)ccc32)C(C)N1.CC.CC(=O)OC(C)(C)C.CCCC.c1ccc(CC2CCC2)cc1. The zero-order valence-electron chi connectivity index (χ0n) is 42.5. The summed E-state index contributed by atoms with van der Waals surface area (Å²) in [4.78, 5) is 12.8. The molecule has 0 amide bonds. The number of hydrogen-bond donors (Lipinski definition) is 3. The van der Waals surface area contributed by atoms with Gasteiger partial charge in [0, 0.05) is 31.7 Å². The standard InChI is InChI=1S/C33H50N4O.C11H14.C6H12O2.C4H10.C2H6/c1-7-10-12-13-23(4)24(5)27-20-37(21-27)28-15-16-30-31(19-28)35-36-33(30)29-17-18-32(34-25(29)6)38-22-26(9-3)14-11-8-2;1-2-5-10(6-3-1)9-11-7-4-8-11;1-5(7)8-6(2,3)4;1-3-4-2;1-2/h9,11,14-19,23-25,27,33-36H,7-8,10,12-13,20-22H2,1-6H3;1-3,5-6,11H,4,7-9H2;1-4H3;3-4H2,1-2H3;1-2H3/b14-11-,26-9+;;;;. The minimum absolute atomic E-state index is 0.145. The first-order valence-corrected chi connectivity index (χ1v) is 25.0. The molecule has 2 aromatic rings. The van der Waals surface area contributed by atoms with Crippen molar-refractivity contribution in [1.82, 2.24) is 10.7 Å². The molecule has 1 saturated carbocycles. The zero-order chi connectivity index (χ0) is 46.8. The Kier molecular flexibility index (Phi) is 26.5. The topological polar surface area (TPSA) is 74.9 Å². The van der Waals surface area contributed by atoms with Crippen LogP contribution in [-0.4, -0.2) is 37.3 Å². The molecular weight excluding hydrogens is 777 g/mol. The number of anilines is 2. The van der Waals surface area contributed by atoms with Crippen LogP contribution < -0.4 is 21.1 Å². The van der Waals surface area contributed by atoms with Crippen LogP contribution >= 0.6 is 0 Å². The number of rotatable bonds is 16. The van der Waals surface area contributed by atoms with E-state index in [1.54, 1.807) is 0 Å². The molecule has 0 bridgehead atoms. The predicted molar refractivity (Wildman–Crippen MR) is 273 cm³/mol. The van der Waals surface area contributed by atoms with E-state index < -0.39 is 0 Å². The summed E-state index contributed by atoms with van der Waals surface area (Å²) >= 11 is 0. The van der Waals surface area contributed by atoms with E-state index in [0.717, 1.165) is 36.0 Å². The Hall–Kier alpha value is -3.97. The van der Waals surface area contributed by atoms with E-state index in [1.165, 1.54) is 118 Å². The van der Waals surface area contributed by atoms with Crippen LogP contribution in [0.25, 0.3) is 0 Å². The molecule has 3 aliphatic heterocycles. The molecule has 3 N–H and O–H groups in total. The molecule has 4 aliphatic rings. The fraction of sp³-hybridized carbons (Fsp3) is 0.625. The number of hydrazine groups is 1. The summed E-state index contributed by atoms with van der Waals surface area (Å²) in [6.45, 7) is 31.9. The van der Waals surface area contributed by atoms with Gasteiger partial charge >= 0.3 is 5.97 Å². The zero-order valence-corrected chi connectivity index (χ0v) is 42.5. The first kappa shape index (κ1) is 55.2. The van der Waals surface area contributed by atoms with Crippen LogP contribution in [0.2, 0.25) is 0 Å². The first-order chi connectivity index (χ1) is 30.2. The van der Waals surface area contributed by atoms with E-state index in [4.69, 9.17) is 9.47 Å². The smallest absolute Gasteiger partial charge is 0.303 e. The molecule has 0 radical (unpaired) electrons. The van der Waals surface area contributed by atoms with Gasteiger partial charge in [0.05, 0.1) is 11.7 Å². The van der Waals surface area contributed by atoms with Crippen LogP contribution in [0.5, 0.6) is 0 Å². The summed E-state index contributed by atoms with van der Waals surface area (Å²) in [5, 5.41) is 3.54. The van der Waals surface area contributed by atoms with Gasteiger partial charge in [-0.05, 0) is 112 Å². The average Bonchev–Trinajstić information content (AvgIpc) is 3.65. The Morgan fingerprint density at radius 3 is 2.14 bits per heavy atom. The second kappa shape index (κ2) is 30.2. The van der Waals surface area contributed by atoms with Crippen molar-refractivity contribution in [3.05, 3.63) is 107 Å². The minimum atomic E-state index is -0.328. The van der Waals surface area contributed by atoms with Crippen LogP contribution in [-0.2, 0) is 20.7 Å². The number of carbonyl (C=O) groups excluding carboxylic acids is 1. The molecule has 4 unspecified atom stereocenters. The van der Waals surface area contributed by atoms with Crippen molar-refractivity contribution in [1.29, 1.82) is 0 Å². The lowest BCUT2D eigenvalue weighted by molar-refractivity contribution is -0.151. The van der Waals surface area contributed by atoms with Gasteiger partial charge in [0.2, 0.25) is 0 Å². The molecule has 6 rings (SSSR count). The molecule has 2 aromatic carbocycles. The fourth-order valence-electron chi connectivity index (χ4n) is 7.92. The van der Waals surface area contributed by atoms with E-state index in [-0.39, 0.29) is 23.7 Å². The lowest BCUT2D eigenvalue weighted by Crippen LogP contribution is -2.50. The number of allylic oxidation sites excluding steroid dienone is 4. The van der Waals surface area contributed by atoms with Gasteiger partial charge < -0.3 is 25.1 Å². The Bertz CT molecular complexity index is 1680. The maximum atomic E-state index is 10.2. The van der Waals surface area contributed by atoms with Crippen molar-refractivity contribution in [2.75, 3.05) is 30.0 Å². The van der Waals surface area contributed by atoms with Crippen LogP contribution in [0.4, 0.5) is 11.4 Å². The Morgan fingerprint density at radius 2 is 1.62 bits per heavy atom. The average molecular weight is 869 g/mol. The van der Waals surface area contributed by atoms with Crippen molar-refractivity contribution in [2.45, 2.75) is 185 Å². The molecule has 0 spiro atoms. The lowest BCUT2D eigenvalue weighted by atomic mass is 9.77. The van der Waals surface area contributed by atoms with Crippen LogP contribution in [0.15, 0.2) is 95.9 Å². The number of nitrogens with one attached hydrogen (secondary N) is 3. The molecule has 2 fully saturated rings. The minimum Gasteiger partial charge on any atom is -0.474 e. The largest absolute Gasteiger partial charge is 0.474 e. The molecule has 4 atom stereocenters. The van der Waals surface area contributed by atoms with Gasteiger partial charge in [0.25, 0.3) is 0 Å². The van der Waals surface area contributed by atoms with Gasteiger partial charge in [-0.1, -0.05) is 174 Å². The molecule has 0 aromatic heterocycles. The fourth-order valence-corrected chi connectivity index (χ4v) is 7.92. The summed E-state index contributed by atoms with van der Waals surface area (Å²) in [5.74, 6) is 4.03. The van der Waals surface area contributed by atoms with Crippen molar-refractivity contribution >= 4 is 17.3 Å². The van der Waals surface area contributed by atoms with Crippen LogP contribution in [0, 0.1) is 23.7 Å². The summed E-state index contributed by atoms with van der Waals surface area (Å²) in [6.07, 6.45) is 25.5. The third kappa shape index (κ3) is 20.2. The molecule has 1 aliphatic carbocycles. The van der Waals surface area contributed by atoms with Crippen molar-refractivity contribution in [3.8, 4) is 0 Å². The number of esters is 1. The van der Waals surface area contributed by atoms with Crippen molar-refractivity contribution in [3.63, 3.8) is 0 Å². The second-order valence-electron chi connectivity index (χ2n) is 18.7. The molecule has 7 heteroatoms. The summed E-state index contributed by atoms with van der Waals surface area (Å²) in [7, 11) is 0. The molecule has 63 heavy (non-hydrogen) atoms. The predicted octanol–water partition coefficient (Wildman–Crippen LogP) is 14.8. The number of carbonyl (C=O) groups is 1. The number of dihydropyridines is 1. The van der Waals surface area contributed by atoms with Gasteiger partial charge in [-0.25, -0.2) is 5.43 Å². The number of ether oxygens (including phenoxy) is 2. The van der Waals surface area contributed by atoms with Gasteiger partial charge in [0.1, 0.15) is 12.2 Å². The Balaban J connectivity index is 0.000000441. The summed E-state index contributed by atoms with van der Waals surface area (Å²) < 4.78 is 10.9. The number of nitrogens with zero attached hydrogens (tertiary/aromatic N) is 1. The van der Waals surface area contributed by atoms with E-state index in [1.807, 2.05) is 34.6 Å². The van der Waals surface area contributed by atoms with Gasteiger partial charge in [-0.2, -0.15) is 0 Å². The van der Waals surface area contributed by atoms with Gasteiger partial charge in [0.15, 0.2) is 5.88 Å². The van der Waals surface area contributed by atoms with E-state index >= 15 is 0 Å². The van der Waals surface area contributed by atoms with Crippen LogP contribution in [0.3, 0.4) is 0 Å². The second-order valence-corrected chi connectivity index (χ2v) is 18.7. The van der Waals surface area contributed by atoms with E-state index in [0.29, 0.717) is 6.61 Å². The number of hydrogen-bond acceptors (Lipinski definition) is 7. The maximum Gasteiger partial charge on any atom is 0.303 e. The summed E-state index contributed by atoms with van der Waals surface area (Å²) in [6, 6.07) is 18.1. The number of unbranched alkanes of at least 4 members (excludes halogenated alkanes) is 3. The molecule has 354 valence electrons. The third-order valence-corrected chi connectivity index (χ3v) is 12.4. The maximum absolute atomic E-state index is 10.2.